The van der Waals surface area contributed by atoms with Crippen molar-refractivity contribution in [3.8, 4) is 28.5 Å². The number of hydrogen-bond donors (Lipinski definition) is 1. The number of aromatic nitrogens is 6. The molecule has 5 aromatic rings. The van der Waals surface area contributed by atoms with Crippen molar-refractivity contribution in [1.82, 2.24) is 28.7 Å². The Morgan fingerprint density at radius 2 is 1.84 bits per heavy atom. The third kappa shape index (κ3) is 4.12. The zero-order chi connectivity index (χ0) is 26.3. The second-order valence-electron chi connectivity index (χ2n) is 7.83. The highest BCUT2D eigenvalue weighted by Crippen LogP contribution is 2.34. The average Bonchev–Trinajstić information content (AvgIpc) is 3.46. The van der Waals surface area contributed by atoms with Crippen molar-refractivity contribution in [2.75, 3.05) is 5.73 Å². The molecule has 0 aliphatic heterocycles. The van der Waals surface area contributed by atoms with E-state index < -0.39 is 35.4 Å². The number of nitriles is 1. The summed E-state index contributed by atoms with van der Waals surface area (Å²) in [4.78, 5) is 33.4. The Morgan fingerprint density at radius 1 is 1.08 bits per heavy atom. The predicted molar refractivity (Wildman–Crippen MR) is 123 cm³/mol. The quantitative estimate of drug-likeness (QED) is 0.381. The second-order valence-corrected chi connectivity index (χ2v) is 7.83. The molecule has 2 N–H and O–H groups in total. The molecule has 0 radical (unpaired) electrons. The lowest BCUT2D eigenvalue weighted by Gasteiger charge is -2.13. The summed E-state index contributed by atoms with van der Waals surface area (Å²) in [7, 11) is 0. The van der Waals surface area contributed by atoms with E-state index in [1.165, 1.54) is 18.3 Å². The number of nitrogens with zero attached hydrogens (tertiary/aromatic N) is 7. The van der Waals surface area contributed by atoms with Gasteiger partial charge in [0.2, 0.25) is 11.7 Å². The molecule has 0 fully saturated rings. The fraction of sp³-hybridized carbons (Fsp3) is 0.130. The van der Waals surface area contributed by atoms with E-state index in [2.05, 4.69) is 19.5 Å². The Morgan fingerprint density at radius 3 is 2.54 bits per heavy atom. The summed E-state index contributed by atoms with van der Waals surface area (Å²) < 4.78 is 47.2. The molecule has 0 amide bonds. The topological polar surface area (TPSA) is 150 Å². The Balaban J connectivity index is 1.80. The predicted octanol–water partition coefficient (Wildman–Crippen LogP) is 2.55. The first kappa shape index (κ1) is 23.5. The van der Waals surface area contributed by atoms with Crippen molar-refractivity contribution in [3.05, 3.63) is 87.3 Å². The number of alkyl halides is 3. The average molecular weight is 508 g/mol. The van der Waals surface area contributed by atoms with Crippen molar-refractivity contribution in [2.45, 2.75) is 19.3 Å². The first-order valence-corrected chi connectivity index (χ1v) is 10.6. The van der Waals surface area contributed by atoms with E-state index in [1.807, 2.05) is 6.07 Å². The van der Waals surface area contributed by atoms with Crippen LogP contribution in [-0.2, 0) is 19.3 Å². The van der Waals surface area contributed by atoms with Gasteiger partial charge < -0.3 is 14.7 Å². The molecular formula is C23H15F3N8O3. The third-order valence-electron chi connectivity index (χ3n) is 5.51. The summed E-state index contributed by atoms with van der Waals surface area (Å²) in [6, 6.07) is 13.4. The van der Waals surface area contributed by atoms with Crippen LogP contribution >= 0.6 is 0 Å². The van der Waals surface area contributed by atoms with Gasteiger partial charge in [0.25, 0.3) is 5.56 Å². The molecule has 5 rings (SSSR count). The van der Waals surface area contributed by atoms with E-state index in [4.69, 9.17) is 11.0 Å². The van der Waals surface area contributed by atoms with Crippen LogP contribution < -0.4 is 17.0 Å². The number of benzene rings is 1. The normalized spacial score (nSPS) is 11.6. The Kier molecular flexibility index (Phi) is 5.59. The van der Waals surface area contributed by atoms with Crippen molar-refractivity contribution < 1.29 is 17.6 Å². The summed E-state index contributed by atoms with van der Waals surface area (Å²) in [6.07, 6.45) is -2.78. The van der Waals surface area contributed by atoms with Gasteiger partial charge in [-0.2, -0.15) is 18.4 Å². The molecule has 186 valence electrons. The van der Waals surface area contributed by atoms with Gasteiger partial charge in [0.15, 0.2) is 12.0 Å². The fourth-order valence-electron chi connectivity index (χ4n) is 3.91. The Bertz CT molecular complexity index is 1790. The van der Waals surface area contributed by atoms with Gasteiger partial charge in [-0.25, -0.2) is 23.8 Å². The number of nitrogens with two attached hydrogens (primary N) is 1. The maximum Gasteiger partial charge on any atom is 0.451 e. The molecule has 0 aliphatic carbocycles. The van der Waals surface area contributed by atoms with Crippen LogP contribution in [0.4, 0.5) is 19.1 Å². The number of nitrogen functional groups attached to an aromatic ring is 1. The summed E-state index contributed by atoms with van der Waals surface area (Å²) in [5, 5.41) is 13.4. The number of rotatable bonds is 5. The lowest BCUT2D eigenvalue weighted by molar-refractivity contribution is -0.153. The molecule has 4 heterocycles. The summed E-state index contributed by atoms with van der Waals surface area (Å²) in [5.41, 5.74) is 5.82. The van der Waals surface area contributed by atoms with E-state index in [9.17, 15) is 22.8 Å². The molecule has 1 aromatic carbocycles. The molecule has 14 heteroatoms. The third-order valence-corrected chi connectivity index (χ3v) is 5.51. The first-order valence-electron chi connectivity index (χ1n) is 10.6. The maximum atomic E-state index is 13.3. The van der Waals surface area contributed by atoms with E-state index >= 15 is 0 Å². The highest BCUT2D eigenvalue weighted by atomic mass is 19.4. The van der Waals surface area contributed by atoms with Crippen molar-refractivity contribution in [2.24, 2.45) is 0 Å². The largest absolute Gasteiger partial charge is 0.451 e. The molecule has 0 bridgehead atoms. The van der Waals surface area contributed by atoms with Gasteiger partial charge in [-0.15, -0.1) is 5.10 Å². The minimum Gasteiger partial charge on any atom is -0.439 e. The molecule has 0 saturated carbocycles. The molecule has 0 atom stereocenters. The zero-order valence-corrected chi connectivity index (χ0v) is 18.7. The minimum atomic E-state index is -4.82. The van der Waals surface area contributed by atoms with E-state index in [-0.39, 0.29) is 23.7 Å². The van der Waals surface area contributed by atoms with Crippen molar-refractivity contribution >= 4 is 11.6 Å². The molecule has 0 saturated heterocycles. The molecule has 0 aliphatic rings. The number of halogens is 3. The summed E-state index contributed by atoms with van der Waals surface area (Å²) in [6.45, 7) is -0.890. The number of anilines is 1. The van der Waals surface area contributed by atoms with Crippen LogP contribution in [-0.4, -0.2) is 28.7 Å². The molecule has 11 nitrogen and oxygen atoms in total. The van der Waals surface area contributed by atoms with E-state index in [0.717, 1.165) is 13.6 Å². The van der Waals surface area contributed by atoms with Crippen LogP contribution in [0.15, 0.2) is 69.1 Å². The van der Waals surface area contributed by atoms with Gasteiger partial charge >= 0.3 is 11.9 Å². The van der Waals surface area contributed by atoms with Gasteiger partial charge in [0.05, 0.1) is 23.9 Å². The van der Waals surface area contributed by atoms with Gasteiger partial charge in [0.1, 0.15) is 12.2 Å². The Labute approximate surface area is 204 Å². The number of fused-ring (bicyclic) bond motifs is 1. The lowest BCUT2D eigenvalue weighted by Crippen LogP contribution is -2.24. The van der Waals surface area contributed by atoms with Crippen LogP contribution in [0.25, 0.3) is 28.0 Å². The molecule has 4 aromatic heterocycles. The lowest BCUT2D eigenvalue weighted by atomic mass is 10.0. The van der Waals surface area contributed by atoms with Crippen LogP contribution in [0.3, 0.4) is 0 Å². The zero-order valence-electron chi connectivity index (χ0n) is 18.7. The fourth-order valence-corrected chi connectivity index (χ4v) is 3.91. The van der Waals surface area contributed by atoms with Crippen molar-refractivity contribution in [1.29, 1.82) is 5.26 Å². The smallest absolute Gasteiger partial charge is 0.439 e. The molecular weight excluding hydrogens is 493 g/mol. The van der Waals surface area contributed by atoms with Crippen molar-refractivity contribution in [3.63, 3.8) is 0 Å². The molecule has 0 spiro atoms. The standard InChI is InChI=1S/C23H15F3N8O3/c24-23(25,26)19-15(29-12-37-19)11-33-22(36)34-20(31-33)17(14-6-7-16(35)32(10-14)9-8-27)18(30-21(34)28)13-4-2-1-3-5-13/h1-7,10,12H,9,11H2,(H2,28,30). The van der Waals surface area contributed by atoms with Crippen LogP contribution in [0.1, 0.15) is 11.5 Å². The monoisotopic (exact) mass is 508 g/mol. The number of hydrogen-bond acceptors (Lipinski definition) is 8. The number of pyridine rings is 1. The van der Waals surface area contributed by atoms with Gasteiger partial charge in [0, 0.05) is 23.4 Å². The van der Waals surface area contributed by atoms with Crippen LogP contribution in [0.2, 0.25) is 0 Å². The highest BCUT2D eigenvalue weighted by Gasteiger charge is 2.38. The molecule has 37 heavy (non-hydrogen) atoms. The highest BCUT2D eigenvalue weighted by molar-refractivity contribution is 5.90. The summed E-state index contributed by atoms with van der Waals surface area (Å²) >= 11 is 0. The van der Waals surface area contributed by atoms with E-state index in [0.29, 0.717) is 23.2 Å². The van der Waals surface area contributed by atoms with Gasteiger partial charge in [-0.05, 0) is 6.07 Å². The van der Waals surface area contributed by atoms with Crippen LogP contribution in [0, 0.1) is 11.3 Å². The van der Waals surface area contributed by atoms with Gasteiger partial charge in [-0.3, -0.25) is 4.79 Å². The first-order chi connectivity index (χ1) is 17.7. The van der Waals surface area contributed by atoms with Gasteiger partial charge in [-0.1, -0.05) is 30.3 Å². The Hall–Kier alpha value is -5.19. The molecule has 0 unspecified atom stereocenters. The number of oxazole rings is 1. The minimum absolute atomic E-state index is 0.0180. The van der Waals surface area contributed by atoms with Crippen LogP contribution in [0.5, 0.6) is 0 Å². The van der Waals surface area contributed by atoms with E-state index in [1.54, 1.807) is 30.3 Å². The second kappa shape index (κ2) is 8.79. The maximum absolute atomic E-state index is 13.3. The summed E-state index contributed by atoms with van der Waals surface area (Å²) in [5.74, 6) is -1.60. The SMILES string of the molecule is N#CCn1cc(-c2c(-c3ccccc3)nc(N)n3c(=O)n(Cc4ncoc4C(F)(F)F)nc23)ccc1=O.